The number of pyridine rings is 2. The molecule has 0 bridgehead atoms. The average molecular weight is 421 g/mol. The van der Waals surface area contributed by atoms with Gasteiger partial charge in [-0.05, 0) is 47.5 Å². The summed E-state index contributed by atoms with van der Waals surface area (Å²) < 4.78 is 39.2. The van der Waals surface area contributed by atoms with Crippen molar-refractivity contribution in [3.05, 3.63) is 89.0 Å². The lowest BCUT2D eigenvalue weighted by Crippen LogP contribution is -2.34. The highest BCUT2D eigenvalue weighted by molar-refractivity contribution is 6.31. The fourth-order valence-corrected chi connectivity index (χ4v) is 2.87. The van der Waals surface area contributed by atoms with Gasteiger partial charge in [-0.3, -0.25) is 9.97 Å². The summed E-state index contributed by atoms with van der Waals surface area (Å²) in [5, 5.41) is 2.08. The molecule has 0 aliphatic heterocycles. The third kappa shape index (κ3) is 5.68. The number of aromatic nitrogens is 2. The number of benzene rings is 1. The average Bonchev–Trinajstić information content (AvgIpc) is 2.69. The van der Waals surface area contributed by atoms with Gasteiger partial charge in [-0.1, -0.05) is 17.7 Å². The minimum Gasteiger partial charge on any atom is -0.316 e. The molecule has 3 aromatic rings. The van der Waals surface area contributed by atoms with E-state index in [-0.39, 0.29) is 18.8 Å². The van der Waals surface area contributed by atoms with E-state index in [9.17, 15) is 18.0 Å². The van der Waals surface area contributed by atoms with Gasteiger partial charge in [0.25, 0.3) is 0 Å². The number of alkyl halides is 3. The van der Waals surface area contributed by atoms with Gasteiger partial charge < -0.3 is 10.2 Å². The van der Waals surface area contributed by atoms with Gasteiger partial charge in [0.05, 0.1) is 10.6 Å². The van der Waals surface area contributed by atoms with Crippen molar-refractivity contribution in [3.8, 4) is 0 Å². The van der Waals surface area contributed by atoms with Crippen LogP contribution in [0.5, 0.6) is 0 Å². The topological polar surface area (TPSA) is 58.1 Å². The van der Waals surface area contributed by atoms with E-state index in [0.717, 1.165) is 23.3 Å². The molecule has 0 spiro atoms. The molecule has 3 rings (SSSR count). The zero-order chi connectivity index (χ0) is 20.9. The van der Waals surface area contributed by atoms with E-state index in [1.807, 2.05) is 6.07 Å². The molecule has 0 fully saturated rings. The van der Waals surface area contributed by atoms with Crippen LogP contribution < -0.4 is 5.32 Å². The molecular weight excluding hydrogens is 405 g/mol. The molecule has 0 aliphatic carbocycles. The van der Waals surface area contributed by atoms with Crippen LogP contribution in [0.1, 0.15) is 16.7 Å². The minimum atomic E-state index is -4.62. The highest BCUT2D eigenvalue weighted by atomic mass is 35.5. The van der Waals surface area contributed by atoms with E-state index in [0.29, 0.717) is 0 Å². The summed E-state index contributed by atoms with van der Waals surface area (Å²) in [6, 6.07) is 9.76. The highest BCUT2D eigenvalue weighted by Crippen LogP contribution is 2.36. The zero-order valence-corrected chi connectivity index (χ0v) is 15.8. The fourth-order valence-electron chi connectivity index (χ4n) is 2.64. The second-order valence-corrected chi connectivity index (χ2v) is 6.60. The van der Waals surface area contributed by atoms with E-state index >= 15 is 0 Å². The summed E-state index contributed by atoms with van der Waals surface area (Å²) >= 11 is 5.64. The first-order chi connectivity index (χ1) is 13.8. The van der Waals surface area contributed by atoms with Crippen LogP contribution >= 0.6 is 11.6 Å². The standard InChI is InChI=1S/C20H16ClF3N4O/c21-18-4-3-16(10-17(18)20(22,23)24)27-19(29)28(12-14-5-8-25-9-6-14)13-15-2-1-7-26-11-15/h1-11H,12-13H2,(H,27,29). The Morgan fingerprint density at radius 2 is 1.72 bits per heavy atom. The second-order valence-electron chi connectivity index (χ2n) is 6.20. The number of anilines is 1. The number of rotatable bonds is 5. The van der Waals surface area contributed by atoms with Crippen LogP contribution in [-0.2, 0) is 19.3 Å². The van der Waals surface area contributed by atoms with Crippen molar-refractivity contribution in [2.75, 3.05) is 5.32 Å². The molecule has 29 heavy (non-hydrogen) atoms. The third-order valence-corrected chi connectivity index (χ3v) is 4.36. The molecule has 0 radical (unpaired) electrons. The minimum absolute atomic E-state index is 0.00219. The van der Waals surface area contributed by atoms with E-state index in [1.54, 1.807) is 43.0 Å². The fraction of sp³-hybridized carbons (Fsp3) is 0.150. The first-order valence-electron chi connectivity index (χ1n) is 8.53. The molecule has 0 saturated heterocycles. The van der Waals surface area contributed by atoms with E-state index in [4.69, 9.17) is 11.6 Å². The molecule has 1 aromatic carbocycles. The molecule has 150 valence electrons. The van der Waals surface area contributed by atoms with Crippen molar-refractivity contribution >= 4 is 23.3 Å². The van der Waals surface area contributed by atoms with Gasteiger partial charge in [-0.15, -0.1) is 0 Å². The number of hydrogen-bond donors (Lipinski definition) is 1. The van der Waals surface area contributed by atoms with Crippen LogP contribution in [-0.4, -0.2) is 20.9 Å². The lowest BCUT2D eigenvalue weighted by atomic mass is 10.2. The van der Waals surface area contributed by atoms with Crippen LogP contribution in [0, 0.1) is 0 Å². The molecule has 0 atom stereocenters. The van der Waals surface area contributed by atoms with Gasteiger partial charge >= 0.3 is 12.2 Å². The predicted molar refractivity (Wildman–Crippen MR) is 103 cm³/mol. The van der Waals surface area contributed by atoms with Crippen LogP contribution in [0.2, 0.25) is 5.02 Å². The molecule has 1 N–H and O–H groups in total. The SMILES string of the molecule is O=C(Nc1ccc(Cl)c(C(F)(F)F)c1)N(Cc1ccncc1)Cc1cccnc1. The van der Waals surface area contributed by atoms with Gasteiger partial charge in [0.15, 0.2) is 0 Å². The number of urea groups is 1. The molecule has 5 nitrogen and oxygen atoms in total. The quantitative estimate of drug-likeness (QED) is 0.602. The Morgan fingerprint density at radius 1 is 1.00 bits per heavy atom. The first kappa shape index (κ1) is 20.6. The summed E-state index contributed by atoms with van der Waals surface area (Å²) in [7, 11) is 0. The van der Waals surface area contributed by atoms with Crippen molar-refractivity contribution in [2.45, 2.75) is 19.3 Å². The smallest absolute Gasteiger partial charge is 0.316 e. The molecule has 2 amide bonds. The summed E-state index contributed by atoms with van der Waals surface area (Å²) in [6.45, 7) is 0.463. The Hall–Kier alpha value is -3.13. The Balaban J connectivity index is 1.82. The van der Waals surface area contributed by atoms with Crippen LogP contribution in [0.4, 0.5) is 23.7 Å². The van der Waals surface area contributed by atoms with Crippen molar-refractivity contribution in [3.63, 3.8) is 0 Å². The Labute approximate surface area is 170 Å². The zero-order valence-electron chi connectivity index (χ0n) is 15.0. The molecule has 9 heteroatoms. The molecule has 0 saturated carbocycles. The molecule has 0 unspecified atom stereocenters. The number of carbonyl (C=O) groups is 1. The van der Waals surface area contributed by atoms with Gasteiger partial charge in [0.2, 0.25) is 0 Å². The molecular formula is C20H16ClF3N4O. The number of nitrogens with one attached hydrogen (secondary N) is 1. The van der Waals surface area contributed by atoms with Gasteiger partial charge in [0, 0.05) is 43.6 Å². The maximum absolute atomic E-state index is 13.1. The summed E-state index contributed by atoms with van der Waals surface area (Å²) in [4.78, 5) is 22.3. The predicted octanol–water partition coefficient (Wildman–Crippen LogP) is 5.38. The van der Waals surface area contributed by atoms with Crippen molar-refractivity contribution in [2.24, 2.45) is 0 Å². The van der Waals surface area contributed by atoms with Gasteiger partial charge in [0.1, 0.15) is 0 Å². The monoisotopic (exact) mass is 420 g/mol. The highest BCUT2D eigenvalue weighted by Gasteiger charge is 2.33. The lowest BCUT2D eigenvalue weighted by Gasteiger charge is -2.23. The Morgan fingerprint density at radius 3 is 2.38 bits per heavy atom. The Bertz CT molecular complexity index is 927. The third-order valence-electron chi connectivity index (χ3n) is 4.03. The van der Waals surface area contributed by atoms with E-state index in [1.165, 1.54) is 11.0 Å². The number of hydrogen-bond acceptors (Lipinski definition) is 3. The van der Waals surface area contributed by atoms with E-state index in [2.05, 4.69) is 15.3 Å². The number of halogens is 4. The van der Waals surface area contributed by atoms with Crippen molar-refractivity contribution < 1.29 is 18.0 Å². The van der Waals surface area contributed by atoms with Crippen LogP contribution in [0.25, 0.3) is 0 Å². The molecule has 2 aromatic heterocycles. The first-order valence-corrected chi connectivity index (χ1v) is 8.91. The second kappa shape index (κ2) is 8.91. The molecule has 0 aliphatic rings. The largest absolute Gasteiger partial charge is 0.417 e. The normalized spacial score (nSPS) is 11.2. The van der Waals surface area contributed by atoms with Crippen molar-refractivity contribution in [1.82, 2.24) is 14.9 Å². The summed E-state index contributed by atoms with van der Waals surface area (Å²) in [5.74, 6) is 0. The van der Waals surface area contributed by atoms with Gasteiger partial charge in [-0.2, -0.15) is 13.2 Å². The van der Waals surface area contributed by atoms with Crippen LogP contribution in [0.3, 0.4) is 0 Å². The number of nitrogens with zero attached hydrogens (tertiary/aromatic N) is 3. The van der Waals surface area contributed by atoms with E-state index < -0.39 is 22.8 Å². The van der Waals surface area contributed by atoms with Crippen molar-refractivity contribution in [1.29, 1.82) is 0 Å². The summed E-state index contributed by atoms with van der Waals surface area (Å²) in [6.07, 6.45) is 1.82. The maximum atomic E-state index is 13.1. The van der Waals surface area contributed by atoms with Crippen LogP contribution in [0.15, 0.2) is 67.3 Å². The number of amides is 2. The maximum Gasteiger partial charge on any atom is 0.417 e. The Kier molecular flexibility index (Phi) is 6.33. The summed E-state index contributed by atoms with van der Waals surface area (Å²) in [5.41, 5.74) is 0.595. The van der Waals surface area contributed by atoms with Gasteiger partial charge in [-0.25, -0.2) is 4.79 Å². The number of carbonyl (C=O) groups excluding carboxylic acids is 1. The molecule has 2 heterocycles. The lowest BCUT2D eigenvalue weighted by molar-refractivity contribution is -0.137.